The average Bonchev–Trinajstić information content (AvgIpc) is 3.26. The first kappa shape index (κ1) is 15.6. The fraction of sp³-hybridized carbons (Fsp3) is 0.600. The summed E-state index contributed by atoms with van der Waals surface area (Å²) in [4.78, 5) is 2.34. The van der Waals surface area contributed by atoms with Crippen LogP contribution in [-0.2, 0) is 6.54 Å². The number of nitrogens with two attached hydrogens (primary N) is 1. The maximum Gasteiger partial charge on any atom is 0.161 e. The van der Waals surface area contributed by atoms with Crippen molar-refractivity contribution in [2.45, 2.75) is 25.4 Å². The number of nitrogens with zero attached hydrogens (tertiary/aromatic N) is 1. The molecule has 1 aliphatic carbocycles. The van der Waals surface area contributed by atoms with Crippen molar-refractivity contribution in [3.8, 4) is 11.5 Å². The predicted octanol–water partition coefficient (Wildman–Crippen LogP) is 2.64. The molecule has 1 aromatic rings. The molecule has 0 spiro atoms. The van der Waals surface area contributed by atoms with Gasteiger partial charge >= 0.3 is 0 Å². The van der Waals surface area contributed by atoms with Crippen molar-refractivity contribution in [2.24, 2.45) is 11.7 Å². The molecule has 20 heavy (non-hydrogen) atoms. The molecule has 1 aromatic carbocycles. The molecular formula is C15H23BrN2O2. The van der Waals surface area contributed by atoms with E-state index in [1.807, 2.05) is 12.1 Å². The van der Waals surface area contributed by atoms with E-state index in [-0.39, 0.29) is 0 Å². The zero-order valence-electron chi connectivity index (χ0n) is 12.4. The van der Waals surface area contributed by atoms with E-state index >= 15 is 0 Å². The Kier molecular flexibility index (Phi) is 5.29. The first-order chi connectivity index (χ1) is 9.60. The van der Waals surface area contributed by atoms with E-state index < -0.39 is 0 Å². The predicted molar refractivity (Wildman–Crippen MR) is 84.3 cm³/mol. The van der Waals surface area contributed by atoms with Gasteiger partial charge in [-0.3, -0.25) is 4.90 Å². The summed E-state index contributed by atoms with van der Waals surface area (Å²) in [5.74, 6) is 2.27. The summed E-state index contributed by atoms with van der Waals surface area (Å²) in [6.45, 7) is 1.56. The summed E-state index contributed by atoms with van der Waals surface area (Å²) in [6, 6.07) is 4.45. The summed E-state index contributed by atoms with van der Waals surface area (Å²) < 4.78 is 11.7. The molecule has 0 heterocycles. The van der Waals surface area contributed by atoms with Crippen LogP contribution in [0.4, 0.5) is 0 Å². The molecule has 0 radical (unpaired) electrons. The van der Waals surface area contributed by atoms with Gasteiger partial charge in [-0.15, -0.1) is 0 Å². The number of rotatable bonds is 7. The van der Waals surface area contributed by atoms with Crippen LogP contribution in [0.25, 0.3) is 0 Å². The minimum atomic E-state index is 0.468. The molecule has 112 valence electrons. The van der Waals surface area contributed by atoms with Crippen LogP contribution in [0.15, 0.2) is 16.6 Å². The summed E-state index contributed by atoms with van der Waals surface area (Å²) in [6.07, 6.45) is 2.61. The van der Waals surface area contributed by atoms with Gasteiger partial charge in [-0.05, 0) is 43.5 Å². The quantitative estimate of drug-likeness (QED) is 0.827. The van der Waals surface area contributed by atoms with E-state index in [4.69, 9.17) is 15.2 Å². The van der Waals surface area contributed by atoms with E-state index in [9.17, 15) is 0 Å². The van der Waals surface area contributed by atoms with Crippen molar-refractivity contribution in [2.75, 3.05) is 27.8 Å². The number of likely N-dealkylation sites (N-methyl/N-ethyl adjacent to an activating group) is 1. The summed E-state index contributed by atoms with van der Waals surface area (Å²) in [5.41, 5.74) is 7.09. The Morgan fingerprint density at radius 3 is 2.40 bits per heavy atom. The average molecular weight is 343 g/mol. The van der Waals surface area contributed by atoms with E-state index in [1.54, 1.807) is 14.2 Å². The molecule has 1 aliphatic rings. The van der Waals surface area contributed by atoms with Gasteiger partial charge in [-0.25, -0.2) is 0 Å². The van der Waals surface area contributed by atoms with Crippen LogP contribution >= 0.6 is 15.9 Å². The van der Waals surface area contributed by atoms with Crippen molar-refractivity contribution in [1.29, 1.82) is 0 Å². The highest BCUT2D eigenvalue weighted by Gasteiger charge is 2.32. The standard InChI is InChI=1S/C15H23BrN2O2/c1-18(13(8-17)10-4-5-10)9-11-6-14(19-2)15(20-3)7-12(11)16/h6-7,10,13H,4-5,8-9,17H2,1-3H3. The van der Waals surface area contributed by atoms with Crippen molar-refractivity contribution >= 4 is 15.9 Å². The minimum absolute atomic E-state index is 0.468. The van der Waals surface area contributed by atoms with Gasteiger partial charge in [0.25, 0.3) is 0 Å². The highest BCUT2D eigenvalue weighted by Crippen LogP contribution is 2.37. The third-order valence-electron chi connectivity index (χ3n) is 3.95. The Labute approximate surface area is 129 Å². The molecule has 0 bridgehead atoms. The molecule has 0 aromatic heterocycles. The maximum atomic E-state index is 5.91. The molecule has 5 heteroatoms. The highest BCUT2D eigenvalue weighted by atomic mass is 79.9. The van der Waals surface area contributed by atoms with Crippen LogP contribution in [0.2, 0.25) is 0 Å². The number of hydrogen-bond donors (Lipinski definition) is 1. The molecule has 1 fully saturated rings. The molecule has 1 atom stereocenters. The SMILES string of the molecule is COc1cc(Br)c(CN(C)C(CN)C2CC2)cc1OC. The molecule has 1 saturated carbocycles. The lowest BCUT2D eigenvalue weighted by Gasteiger charge is -2.27. The Morgan fingerprint density at radius 2 is 1.90 bits per heavy atom. The van der Waals surface area contributed by atoms with E-state index in [1.165, 1.54) is 18.4 Å². The van der Waals surface area contributed by atoms with Gasteiger partial charge in [0.2, 0.25) is 0 Å². The van der Waals surface area contributed by atoms with Crippen molar-refractivity contribution in [3.05, 3.63) is 22.2 Å². The topological polar surface area (TPSA) is 47.7 Å². The molecule has 1 unspecified atom stereocenters. The first-order valence-corrected chi connectivity index (χ1v) is 7.70. The van der Waals surface area contributed by atoms with Crippen LogP contribution in [0.3, 0.4) is 0 Å². The number of hydrogen-bond acceptors (Lipinski definition) is 4. The van der Waals surface area contributed by atoms with Crippen LogP contribution < -0.4 is 15.2 Å². The third-order valence-corrected chi connectivity index (χ3v) is 4.68. The zero-order valence-corrected chi connectivity index (χ0v) is 13.9. The van der Waals surface area contributed by atoms with Crippen LogP contribution in [0, 0.1) is 5.92 Å². The number of benzene rings is 1. The summed E-state index contributed by atoms with van der Waals surface area (Å²) in [5, 5.41) is 0. The fourth-order valence-corrected chi connectivity index (χ4v) is 3.06. The van der Waals surface area contributed by atoms with E-state index in [0.29, 0.717) is 12.6 Å². The minimum Gasteiger partial charge on any atom is -0.493 e. The molecule has 0 saturated heterocycles. The maximum absolute atomic E-state index is 5.91. The lowest BCUT2D eigenvalue weighted by atomic mass is 10.1. The van der Waals surface area contributed by atoms with E-state index in [0.717, 1.165) is 28.4 Å². The smallest absolute Gasteiger partial charge is 0.161 e. The number of halogens is 1. The molecule has 0 amide bonds. The monoisotopic (exact) mass is 342 g/mol. The number of methoxy groups -OCH3 is 2. The van der Waals surface area contributed by atoms with Crippen LogP contribution in [0.1, 0.15) is 18.4 Å². The Hall–Kier alpha value is -0.780. The largest absolute Gasteiger partial charge is 0.493 e. The molecule has 4 nitrogen and oxygen atoms in total. The van der Waals surface area contributed by atoms with Gasteiger partial charge < -0.3 is 15.2 Å². The Morgan fingerprint density at radius 1 is 1.30 bits per heavy atom. The summed E-state index contributed by atoms with van der Waals surface area (Å²) >= 11 is 3.61. The summed E-state index contributed by atoms with van der Waals surface area (Å²) in [7, 11) is 5.44. The van der Waals surface area contributed by atoms with Gasteiger partial charge in [-0.1, -0.05) is 15.9 Å². The van der Waals surface area contributed by atoms with Crippen molar-refractivity contribution in [1.82, 2.24) is 4.90 Å². The van der Waals surface area contributed by atoms with Gasteiger partial charge in [-0.2, -0.15) is 0 Å². The Balaban J connectivity index is 2.15. The van der Waals surface area contributed by atoms with Gasteiger partial charge in [0.15, 0.2) is 11.5 Å². The molecule has 2 N–H and O–H groups in total. The second-order valence-corrected chi connectivity index (χ2v) is 6.21. The highest BCUT2D eigenvalue weighted by molar-refractivity contribution is 9.10. The van der Waals surface area contributed by atoms with Crippen molar-refractivity contribution in [3.63, 3.8) is 0 Å². The lowest BCUT2D eigenvalue weighted by Crippen LogP contribution is -2.39. The molecular weight excluding hydrogens is 320 g/mol. The molecule has 2 rings (SSSR count). The lowest BCUT2D eigenvalue weighted by molar-refractivity contribution is 0.215. The van der Waals surface area contributed by atoms with Crippen molar-refractivity contribution < 1.29 is 9.47 Å². The van der Waals surface area contributed by atoms with Gasteiger partial charge in [0.1, 0.15) is 0 Å². The Bertz CT molecular complexity index is 463. The van der Waals surface area contributed by atoms with Crippen LogP contribution in [-0.4, -0.2) is 38.8 Å². The third kappa shape index (κ3) is 3.45. The zero-order chi connectivity index (χ0) is 14.7. The van der Waals surface area contributed by atoms with Gasteiger partial charge in [0.05, 0.1) is 14.2 Å². The molecule has 0 aliphatic heterocycles. The van der Waals surface area contributed by atoms with E-state index in [2.05, 4.69) is 27.9 Å². The second kappa shape index (κ2) is 6.78. The van der Waals surface area contributed by atoms with Crippen LogP contribution in [0.5, 0.6) is 11.5 Å². The normalized spacial score (nSPS) is 16.3. The first-order valence-electron chi connectivity index (χ1n) is 6.91. The fourth-order valence-electron chi connectivity index (χ4n) is 2.62. The van der Waals surface area contributed by atoms with Gasteiger partial charge in [0, 0.05) is 23.6 Å². The second-order valence-electron chi connectivity index (χ2n) is 5.35. The number of ether oxygens (including phenoxy) is 2.